The van der Waals surface area contributed by atoms with Gasteiger partial charge in [0.2, 0.25) is 0 Å². The highest BCUT2D eigenvalue weighted by atomic mass is 32.2. The van der Waals surface area contributed by atoms with Gasteiger partial charge in [0.1, 0.15) is 12.5 Å². The Morgan fingerprint density at radius 1 is 1.21 bits per heavy atom. The van der Waals surface area contributed by atoms with Gasteiger partial charge in [-0.05, 0) is 42.7 Å². The number of Topliss-reactive ketones (excluding diaryl/α,β-unsaturated/α-hetero) is 1. The first-order valence-electron chi connectivity index (χ1n) is 11.6. The highest BCUT2D eigenvalue weighted by molar-refractivity contribution is 7.99. The second-order valence-electron chi connectivity index (χ2n) is 8.85. The average Bonchev–Trinajstić information content (AvgIpc) is 2.80. The number of hydrogen-bond acceptors (Lipinski definition) is 8. The minimum absolute atomic E-state index is 0.213. The van der Waals surface area contributed by atoms with Crippen molar-refractivity contribution in [2.45, 2.75) is 33.1 Å². The van der Waals surface area contributed by atoms with Crippen LogP contribution in [0, 0.1) is 11.8 Å². The van der Waals surface area contributed by atoms with Crippen LogP contribution >= 0.6 is 11.8 Å². The first kappa shape index (κ1) is 25.9. The Hall–Kier alpha value is -2.74. The number of dihydropyridines is 1. The topological polar surface area (TPSA) is 84.9 Å². The molecule has 1 heterocycles. The smallest absolute Gasteiger partial charge is 0.336 e. The molecule has 1 aliphatic carbocycles. The molecule has 0 bridgehead atoms. The number of allylic oxidation sites excluding steroid dienone is 3. The summed E-state index contributed by atoms with van der Waals surface area (Å²) >= 11 is 1.70. The normalized spacial score (nSPS) is 22.2. The molecule has 0 amide bonds. The lowest BCUT2D eigenvalue weighted by atomic mass is 9.69. The van der Waals surface area contributed by atoms with Crippen LogP contribution in [0.1, 0.15) is 38.7 Å². The van der Waals surface area contributed by atoms with Gasteiger partial charge >= 0.3 is 11.9 Å². The molecule has 0 radical (unpaired) electrons. The van der Waals surface area contributed by atoms with Crippen molar-refractivity contribution in [3.05, 3.63) is 52.4 Å². The maximum Gasteiger partial charge on any atom is 0.336 e. The number of anilines is 1. The number of hydrogen-bond donors (Lipinski definition) is 1. The SMILES string of the molecule is CCSCCOC(=O)C1=C(C)NC2=C(C(=O)[C@H](C(=O)OC)[C@@H](C)C2)[C@@H]1c1ccc(N(C)C)cc1. The van der Waals surface area contributed by atoms with Crippen LogP contribution in [0.15, 0.2) is 46.8 Å². The van der Waals surface area contributed by atoms with Crippen LogP contribution in [0.25, 0.3) is 0 Å². The van der Waals surface area contributed by atoms with Gasteiger partial charge in [-0.1, -0.05) is 26.0 Å². The summed E-state index contributed by atoms with van der Waals surface area (Å²) in [4.78, 5) is 41.5. The maximum atomic E-state index is 13.7. The first-order chi connectivity index (χ1) is 16.2. The lowest BCUT2D eigenvalue weighted by Crippen LogP contribution is -2.43. The van der Waals surface area contributed by atoms with E-state index < -0.39 is 23.8 Å². The molecule has 7 nitrogen and oxygen atoms in total. The van der Waals surface area contributed by atoms with Gasteiger partial charge in [0.05, 0.1) is 12.7 Å². The quantitative estimate of drug-likeness (QED) is 0.339. The van der Waals surface area contributed by atoms with Crippen molar-refractivity contribution >= 4 is 35.2 Å². The van der Waals surface area contributed by atoms with Crippen LogP contribution in [0.4, 0.5) is 5.69 Å². The monoisotopic (exact) mass is 486 g/mol. The van der Waals surface area contributed by atoms with E-state index >= 15 is 0 Å². The van der Waals surface area contributed by atoms with Crippen molar-refractivity contribution in [2.75, 3.05) is 44.2 Å². The maximum absolute atomic E-state index is 13.7. The fourth-order valence-corrected chi connectivity index (χ4v) is 5.15. The predicted octanol–water partition coefficient (Wildman–Crippen LogP) is 3.66. The van der Waals surface area contributed by atoms with E-state index in [0.29, 0.717) is 35.6 Å². The number of rotatable bonds is 8. The van der Waals surface area contributed by atoms with Crippen LogP contribution < -0.4 is 10.2 Å². The summed E-state index contributed by atoms with van der Waals surface area (Å²) in [5.41, 5.74) is 4.10. The van der Waals surface area contributed by atoms with Crippen molar-refractivity contribution in [3.8, 4) is 0 Å². The standard InChI is InChI=1S/C26H34N2O5S/c1-7-34-13-12-33-26(31)21-16(3)27-19-14-15(2)20(25(30)32-6)24(29)23(19)22(21)17-8-10-18(11-9-17)28(4)5/h8-11,15,20,22,27H,7,12-14H2,1-6H3/t15-,20+,22+/m0/s1. The Labute approximate surface area is 205 Å². The van der Waals surface area contributed by atoms with Crippen LogP contribution in [0.3, 0.4) is 0 Å². The highest BCUT2D eigenvalue weighted by Gasteiger charge is 2.47. The molecule has 3 atom stereocenters. The van der Waals surface area contributed by atoms with E-state index in [9.17, 15) is 14.4 Å². The number of thioether (sulfide) groups is 1. The number of nitrogens with zero attached hydrogens (tertiary/aromatic N) is 1. The lowest BCUT2D eigenvalue weighted by Gasteiger charge is -2.38. The summed E-state index contributed by atoms with van der Waals surface area (Å²) in [6, 6.07) is 7.78. The minimum Gasteiger partial charge on any atom is -0.468 e. The van der Waals surface area contributed by atoms with E-state index in [1.807, 2.05) is 57.1 Å². The molecule has 1 aromatic carbocycles. The molecule has 1 aliphatic heterocycles. The van der Waals surface area contributed by atoms with E-state index in [-0.39, 0.29) is 11.7 Å². The highest BCUT2D eigenvalue weighted by Crippen LogP contribution is 2.45. The summed E-state index contributed by atoms with van der Waals surface area (Å²) in [6.45, 7) is 6.06. The van der Waals surface area contributed by atoms with Crippen molar-refractivity contribution in [3.63, 3.8) is 0 Å². The molecule has 0 saturated carbocycles. The molecule has 0 aromatic heterocycles. The van der Waals surface area contributed by atoms with Crippen LogP contribution in [0.5, 0.6) is 0 Å². The third kappa shape index (κ3) is 5.17. The zero-order valence-electron chi connectivity index (χ0n) is 20.8. The zero-order chi connectivity index (χ0) is 25.0. The van der Waals surface area contributed by atoms with Gasteiger partial charge in [-0.2, -0.15) is 11.8 Å². The largest absolute Gasteiger partial charge is 0.468 e. The zero-order valence-corrected chi connectivity index (χ0v) is 21.6. The molecule has 0 unspecified atom stereocenters. The Bertz CT molecular complexity index is 1010. The van der Waals surface area contributed by atoms with Crippen molar-refractivity contribution in [1.82, 2.24) is 5.32 Å². The van der Waals surface area contributed by atoms with Crippen LogP contribution in [-0.2, 0) is 23.9 Å². The van der Waals surface area contributed by atoms with Gasteiger partial charge < -0.3 is 19.7 Å². The number of methoxy groups -OCH3 is 1. The Balaban J connectivity index is 2.08. The fraction of sp³-hybridized carbons (Fsp3) is 0.500. The number of carbonyl (C=O) groups excluding carboxylic acids is 3. The molecule has 1 aromatic rings. The molecule has 0 saturated heterocycles. The van der Waals surface area contributed by atoms with Gasteiger partial charge in [0.25, 0.3) is 0 Å². The number of nitrogens with one attached hydrogen (secondary N) is 1. The molecule has 34 heavy (non-hydrogen) atoms. The van der Waals surface area contributed by atoms with E-state index in [0.717, 1.165) is 22.7 Å². The average molecular weight is 487 g/mol. The van der Waals surface area contributed by atoms with Gasteiger partial charge in [-0.25, -0.2) is 4.79 Å². The Kier molecular flexibility index (Phi) is 8.47. The number of ketones is 1. The summed E-state index contributed by atoms with van der Waals surface area (Å²) in [5.74, 6) is -1.37. The third-order valence-corrected chi connectivity index (χ3v) is 7.23. The van der Waals surface area contributed by atoms with Gasteiger partial charge in [-0.3, -0.25) is 9.59 Å². The summed E-state index contributed by atoms with van der Waals surface area (Å²) in [5, 5.41) is 3.29. The second-order valence-corrected chi connectivity index (χ2v) is 10.2. The van der Waals surface area contributed by atoms with Gasteiger partial charge in [-0.15, -0.1) is 0 Å². The van der Waals surface area contributed by atoms with Crippen LogP contribution in [0.2, 0.25) is 0 Å². The van der Waals surface area contributed by atoms with E-state index in [2.05, 4.69) is 12.2 Å². The molecular weight excluding hydrogens is 452 g/mol. The molecule has 184 valence electrons. The number of esters is 2. The Morgan fingerprint density at radius 3 is 2.47 bits per heavy atom. The van der Waals surface area contributed by atoms with E-state index in [1.165, 1.54) is 7.11 Å². The molecule has 1 N–H and O–H groups in total. The second kappa shape index (κ2) is 11.1. The molecular formula is C26H34N2O5S. The molecule has 2 aliphatic rings. The van der Waals surface area contributed by atoms with Crippen LogP contribution in [-0.4, -0.2) is 57.0 Å². The number of carbonyl (C=O) groups is 3. The molecule has 8 heteroatoms. The summed E-state index contributed by atoms with van der Waals surface area (Å²) in [6.07, 6.45) is 0.514. The number of ether oxygens (including phenoxy) is 2. The molecule has 0 spiro atoms. The predicted molar refractivity (Wildman–Crippen MR) is 135 cm³/mol. The first-order valence-corrected chi connectivity index (χ1v) is 12.7. The van der Waals surface area contributed by atoms with Crippen molar-refractivity contribution in [1.29, 1.82) is 0 Å². The summed E-state index contributed by atoms with van der Waals surface area (Å²) in [7, 11) is 5.20. The number of benzene rings is 1. The van der Waals surface area contributed by atoms with Crippen molar-refractivity contribution < 1.29 is 23.9 Å². The fourth-order valence-electron chi connectivity index (χ4n) is 4.66. The minimum atomic E-state index is -0.897. The molecule has 0 fully saturated rings. The third-order valence-electron chi connectivity index (χ3n) is 6.37. The van der Waals surface area contributed by atoms with Gasteiger partial charge in [0.15, 0.2) is 5.78 Å². The van der Waals surface area contributed by atoms with E-state index in [1.54, 1.807) is 11.8 Å². The lowest BCUT2D eigenvalue weighted by molar-refractivity contribution is -0.151. The Morgan fingerprint density at radius 2 is 1.88 bits per heavy atom. The molecule has 3 rings (SSSR count). The van der Waals surface area contributed by atoms with E-state index in [4.69, 9.17) is 9.47 Å². The summed E-state index contributed by atoms with van der Waals surface area (Å²) < 4.78 is 10.6. The van der Waals surface area contributed by atoms with Crippen molar-refractivity contribution in [2.24, 2.45) is 11.8 Å². The van der Waals surface area contributed by atoms with Gasteiger partial charge in [0, 0.05) is 48.4 Å².